The van der Waals surface area contributed by atoms with Gasteiger partial charge in [0, 0.05) is 5.38 Å². The minimum atomic E-state index is 0.0668. The third-order valence-corrected chi connectivity index (χ3v) is 2.66. The zero-order valence-corrected chi connectivity index (χ0v) is 7.83. The van der Waals surface area contributed by atoms with Gasteiger partial charge in [0.1, 0.15) is 11.8 Å². The van der Waals surface area contributed by atoms with Gasteiger partial charge in [-0.2, -0.15) is 5.26 Å². The van der Waals surface area contributed by atoms with Crippen molar-refractivity contribution in [2.45, 2.75) is 31.5 Å². The van der Waals surface area contributed by atoms with Crippen molar-refractivity contribution < 1.29 is 4.74 Å². The fraction of sp³-hybridized carbons (Fsp3) is 0.625. The fourth-order valence-electron chi connectivity index (χ4n) is 1.49. The van der Waals surface area contributed by atoms with E-state index >= 15 is 0 Å². The van der Waals surface area contributed by atoms with Crippen LogP contribution in [0.4, 0.5) is 0 Å². The summed E-state index contributed by atoms with van der Waals surface area (Å²) in [5.74, 6) is 0. The number of nitrogens with zero attached hydrogens (tertiary/aromatic N) is 3. The maximum atomic E-state index is 8.49. The van der Waals surface area contributed by atoms with E-state index in [9.17, 15) is 0 Å². The van der Waals surface area contributed by atoms with E-state index in [0.717, 1.165) is 18.5 Å². The molecule has 0 radical (unpaired) electrons. The molecule has 2 atom stereocenters. The molecule has 0 saturated carbocycles. The first-order valence-electron chi connectivity index (χ1n) is 4.19. The summed E-state index contributed by atoms with van der Waals surface area (Å²) in [5.41, 5.74) is 0.908. The summed E-state index contributed by atoms with van der Waals surface area (Å²) in [7, 11) is 0. The van der Waals surface area contributed by atoms with E-state index in [-0.39, 0.29) is 12.2 Å². The van der Waals surface area contributed by atoms with Crippen LogP contribution < -0.4 is 0 Å². The Bertz CT molecular complexity index is 306. The highest BCUT2D eigenvalue weighted by atomic mass is 32.1. The second-order valence-corrected chi connectivity index (χ2v) is 3.63. The van der Waals surface area contributed by atoms with Crippen LogP contribution in [0.1, 0.15) is 31.1 Å². The molecular formula is C8H9N3OS. The van der Waals surface area contributed by atoms with E-state index < -0.39 is 0 Å². The van der Waals surface area contributed by atoms with Crippen LogP contribution >= 0.6 is 11.5 Å². The Hall–Kier alpha value is -0.990. The molecule has 1 aliphatic heterocycles. The summed E-state index contributed by atoms with van der Waals surface area (Å²) in [6, 6.07) is 2.12. The van der Waals surface area contributed by atoms with E-state index in [0.29, 0.717) is 6.42 Å². The Morgan fingerprint density at radius 2 is 2.62 bits per heavy atom. The number of hydrogen-bond acceptors (Lipinski definition) is 5. The summed E-state index contributed by atoms with van der Waals surface area (Å²) < 4.78 is 9.41. The topological polar surface area (TPSA) is 58.8 Å². The van der Waals surface area contributed by atoms with E-state index in [4.69, 9.17) is 10.00 Å². The van der Waals surface area contributed by atoms with Gasteiger partial charge in [-0.15, -0.1) is 5.10 Å². The van der Waals surface area contributed by atoms with E-state index in [2.05, 4.69) is 15.7 Å². The molecule has 1 aromatic heterocycles. The molecule has 0 aromatic carbocycles. The lowest BCUT2D eigenvalue weighted by atomic mass is 10.1. The van der Waals surface area contributed by atoms with Crippen molar-refractivity contribution in [3.63, 3.8) is 0 Å². The highest BCUT2D eigenvalue weighted by molar-refractivity contribution is 7.03. The molecule has 1 fully saturated rings. The van der Waals surface area contributed by atoms with Crippen molar-refractivity contribution in [1.29, 1.82) is 5.26 Å². The van der Waals surface area contributed by atoms with Crippen molar-refractivity contribution >= 4 is 11.5 Å². The normalized spacial score (nSPS) is 27.3. The molecule has 5 heteroatoms. The SMILES string of the molecule is N#CCC1CCC(c2csnn2)O1. The second-order valence-electron chi connectivity index (χ2n) is 3.02. The van der Waals surface area contributed by atoms with Crippen LogP contribution in [0.3, 0.4) is 0 Å². The zero-order chi connectivity index (χ0) is 9.10. The average molecular weight is 195 g/mol. The maximum absolute atomic E-state index is 8.49. The molecule has 1 saturated heterocycles. The van der Waals surface area contributed by atoms with Crippen molar-refractivity contribution in [1.82, 2.24) is 9.59 Å². The number of aromatic nitrogens is 2. The molecule has 2 unspecified atom stereocenters. The summed E-state index contributed by atoms with van der Waals surface area (Å²) in [4.78, 5) is 0. The first-order valence-corrected chi connectivity index (χ1v) is 5.03. The quantitative estimate of drug-likeness (QED) is 0.720. The van der Waals surface area contributed by atoms with Gasteiger partial charge in [0.05, 0.1) is 18.6 Å². The molecule has 0 N–H and O–H groups in total. The van der Waals surface area contributed by atoms with Gasteiger partial charge in [0.15, 0.2) is 0 Å². The zero-order valence-electron chi connectivity index (χ0n) is 7.01. The lowest BCUT2D eigenvalue weighted by Gasteiger charge is -2.07. The Balaban J connectivity index is 1.96. The molecule has 68 valence electrons. The van der Waals surface area contributed by atoms with Crippen LogP contribution in [0.15, 0.2) is 5.38 Å². The fourth-order valence-corrected chi connectivity index (χ4v) is 1.98. The maximum Gasteiger partial charge on any atom is 0.104 e. The number of hydrogen-bond donors (Lipinski definition) is 0. The predicted molar refractivity (Wildman–Crippen MR) is 47.0 cm³/mol. The van der Waals surface area contributed by atoms with Gasteiger partial charge in [0.25, 0.3) is 0 Å². The van der Waals surface area contributed by atoms with Crippen LogP contribution in [-0.4, -0.2) is 15.7 Å². The summed E-state index contributed by atoms with van der Waals surface area (Å²) >= 11 is 1.33. The smallest absolute Gasteiger partial charge is 0.104 e. The highest BCUT2D eigenvalue weighted by Gasteiger charge is 2.27. The van der Waals surface area contributed by atoms with Crippen LogP contribution in [-0.2, 0) is 4.74 Å². The summed E-state index contributed by atoms with van der Waals surface area (Å²) in [6.07, 6.45) is 2.55. The summed E-state index contributed by atoms with van der Waals surface area (Å²) in [6.45, 7) is 0. The monoisotopic (exact) mass is 195 g/mol. The Kier molecular flexibility index (Phi) is 2.52. The molecule has 1 aromatic rings. The number of ether oxygens (including phenoxy) is 1. The first-order chi connectivity index (χ1) is 6.40. The van der Waals surface area contributed by atoms with E-state index in [1.807, 2.05) is 5.38 Å². The molecule has 0 spiro atoms. The van der Waals surface area contributed by atoms with Gasteiger partial charge >= 0.3 is 0 Å². The molecule has 13 heavy (non-hydrogen) atoms. The Morgan fingerprint density at radius 1 is 1.69 bits per heavy atom. The van der Waals surface area contributed by atoms with Gasteiger partial charge < -0.3 is 4.74 Å². The van der Waals surface area contributed by atoms with Gasteiger partial charge in [-0.1, -0.05) is 4.49 Å². The summed E-state index contributed by atoms with van der Waals surface area (Å²) in [5, 5.41) is 14.3. The molecule has 0 bridgehead atoms. The van der Waals surface area contributed by atoms with Gasteiger partial charge in [-0.3, -0.25) is 0 Å². The Labute approximate surface area is 80.3 Å². The van der Waals surface area contributed by atoms with Crippen molar-refractivity contribution in [2.75, 3.05) is 0 Å². The van der Waals surface area contributed by atoms with Crippen molar-refractivity contribution in [3.05, 3.63) is 11.1 Å². The Morgan fingerprint density at radius 3 is 3.31 bits per heavy atom. The van der Waals surface area contributed by atoms with E-state index in [1.54, 1.807) is 0 Å². The largest absolute Gasteiger partial charge is 0.368 e. The minimum Gasteiger partial charge on any atom is -0.368 e. The predicted octanol–water partition coefficient (Wildman–Crippen LogP) is 1.67. The van der Waals surface area contributed by atoms with Crippen molar-refractivity contribution in [2.24, 2.45) is 0 Å². The molecule has 4 nitrogen and oxygen atoms in total. The number of nitriles is 1. The molecular weight excluding hydrogens is 186 g/mol. The lowest BCUT2D eigenvalue weighted by Crippen LogP contribution is -2.05. The van der Waals surface area contributed by atoms with Gasteiger partial charge in [-0.05, 0) is 24.4 Å². The lowest BCUT2D eigenvalue weighted by molar-refractivity contribution is 0.0451. The van der Waals surface area contributed by atoms with Crippen molar-refractivity contribution in [3.8, 4) is 6.07 Å². The third-order valence-electron chi connectivity index (χ3n) is 2.13. The van der Waals surface area contributed by atoms with E-state index in [1.165, 1.54) is 11.5 Å². The first kappa shape index (κ1) is 8.60. The van der Waals surface area contributed by atoms with Gasteiger partial charge in [0.2, 0.25) is 0 Å². The standard InChI is InChI=1S/C8H9N3OS/c9-4-3-6-1-2-8(12-6)7-5-13-11-10-7/h5-6,8H,1-3H2. The average Bonchev–Trinajstić information content (AvgIpc) is 2.70. The number of rotatable bonds is 2. The minimum absolute atomic E-state index is 0.0668. The third kappa shape index (κ3) is 1.85. The van der Waals surface area contributed by atoms with Crippen LogP contribution in [0, 0.1) is 11.3 Å². The highest BCUT2D eigenvalue weighted by Crippen LogP contribution is 2.32. The molecule has 0 amide bonds. The van der Waals surface area contributed by atoms with Crippen LogP contribution in [0.5, 0.6) is 0 Å². The van der Waals surface area contributed by atoms with Crippen LogP contribution in [0.2, 0.25) is 0 Å². The molecule has 0 aliphatic carbocycles. The van der Waals surface area contributed by atoms with Crippen LogP contribution in [0.25, 0.3) is 0 Å². The second kappa shape index (κ2) is 3.81. The molecule has 2 heterocycles. The molecule has 1 aliphatic rings. The van der Waals surface area contributed by atoms with Gasteiger partial charge in [-0.25, -0.2) is 0 Å². The molecule has 2 rings (SSSR count).